The number of Topliss-reactive ketones (excluding diaryl/α,β-unsaturated/α-hetero) is 1. The largest absolute Gasteiger partial charge is 0.465 e. The molecule has 0 saturated heterocycles. The highest BCUT2D eigenvalue weighted by Gasteiger charge is 2.34. The molecule has 6 nitrogen and oxygen atoms in total. The van der Waals surface area contributed by atoms with Gasteiger partial charge in [0.15, 0.2) is 0 Å². The summed E-state index contributed by atoms with van der Waals surface area (Å²) in [6.45, 7) is 0. The number of methoxy groups -OCH3 is 1. The van der Waals surface area contributed by atoms with Crippen molar-refractivity contribution in [3.8, 4) is 0 Å². The maximum Gasteiger partial charge on any atom is 0.338 e. The quantitative estimate of drug-likeness (QED) is 0.366. The summed E-state index contributed by atoms with van der Waals surface area (Å²) in [5, 5.41) is 11.3. The van der Waals surface area contributed by atoms with Gasteiger partial charge < -0.3 is 4.74 Å². The standard InChI is InChI=1S/C16H13NO5/c1-22-16(19)13-10-6-5-9-12(13)15(18)14(17(20)21)11-7-3-2-4-8-11/h2-10,14H,1H3/t14-/m1/s1. The number of rotatable bonds is 5. The molecule has 1 atom stereocenters. The first-order valence-electron chi connectivity index (χ1n) is 6.46. The Bertz CT molecular complexity index is 711. The monoisotopic (exact) mass is 299 g/mol. The highest BCUT2D eigenvalue weighted by Crippen LogP contribution is 2.24. The van der Waals surface area contributed by atoms with E-state index in [9.17, 15) is 19.7 Å². The van der Waals surface area contributed by atoms with Crippen molar-refractivity contribution in [1.29, 1.82) is 0 Å². The van der Waals surface area contributed by atoms with E-state index in [-0.39, 0.29) is 16.7 Å². The van der Waals surface area contributed by atoms with Crippen LogP contribution in [0.15, 0.2) is 54.6 Å². The van der Waals surface area contributed by atoms with Crippen LogP contribution in [0.2, 0.25) is 0 Å². The molecule has 0 N–H and O–H groups in total. The zero-order valence-corrected chi connectivity index (χ0v) is 11.8. The van der Waals surface area contributed by atoms with E-state index in [0.717, 1.165) is 0 Å². The third-order valence-corrected chi connectivity index (χ3v) is 3.17. The van der Waals surface area contributed by atoms with Gasteiger partial charge in [0.25, 0.3) is 6.04 Å². The summed E-state index contributed by atoms with van der Waals surface area (Å²) in [4.78, 5) is 35.0. The summed E-state index contributed by atoms with van der Waals surface area (Å²) < 4.78 is 4.61. The zero-order chi connectivity index (χ0) is 16.1. The van der Waals surface area contributed by atoms with Gasteiger partial charge in [-0.3, -0.25) is 14.9 Å². The number of carbonyl (C=O) groups excluding carboxylic acids is 2. The normalized spacial score (nSPS) is 11.5. The Kier molecular flexibility index (Phi) is 4.63. The minimum absolute atomic E-state index is 0.0118. The molecular formula is C16H13NO5. The van der Waals surface area contributed by atoms with E-state index < -0.39 is 22.7 Å². The molecule has 0 aromatic heterocycles. The maximum atomic E-state index is 12.6. The molecule has 6 heteroatoms. The first-order valence-corrected chi connectivity index (χ1v) is 6.46. The Labute approximate surface area is 126 Å². The van der Waals surface area contributed by atoms with Crippen LogP contribution in [0.4, 0.5) is 0 Å². The number of benzene rings is 2. The summed E-state index contributed by atoms with van der Waals surface area (Å²) in [5.41, 5.74) is 0.245. The minimum Gasteiger partial charge on any atom is -0.465 e. The molecule has 0 saturated carbocycles. The first-order chi connectivity index (χ1) is 10.6. The van der Waals surface area contributed by atoms with Crippen LogP contribution in [0.25, 0.3) is 0 Å². The molecule has 0 aliphatic carbocycles. The molecule has 0 aliphatic rings. The lowest BCUT2D eigenvalue weighted by atomic mass is 9.94. The van der Waals surface area contributed by atoms with Crippen LogP contribution in [-0.4, -0.2) is 23.8 Å². The molecule has 112 valence electrons. The number of ether oxygens (including phenoxy) is 1. The van der Waals surface area contributed by atoms with Gasteiger partial charge in [0.2, 0.25) is 5.78 Å². The molecular weight excluding hydrogens is 286 g/mol. The smallest absolute Gasteiger partial charge is 0.338 e. The molecule has 0 radical (unpaired) electrons. The molecule has 0 fully saturated rings. The lowest BCUT2D eigenvalue weighted by Gasteiger charge is -2.11. The van der Waals surface area contributed by atoms with Crippen LogP contribution in [0.3, 0.4) is 0 Å². The average molecular weight is 299 g/mol. The molecule has 0 amide bonds. The van der Waals surface area contributed by atoms with E-state index in [4.69, 9.17) is 0 Å². The lowest BCUT2D eigenvalue weighted by molar-refractivity contribution is -0.511. The van der Waals surface area contributed by atoms with Crippen molar-refractivity contribution < 1.29 is 19.2 Å². The van der Waals surface area contributed by atoms with Gasteiger partial charge in [-0.15, -0.1) is 0 Å². The van der Waals surface area contributed by atoms with Crippen LogP contribution < -0.4 is 0 Å². The predicted octanol–water partition coefficient (Wildman–Crippen LogP) is 2.67. The number of nitro groups is 1. The Balaban J connectivity index is 2.50. The lowest BCUT2D eigenvalue weighted by Crippen LogP contribution is -2.23. The number of ketones is 1. The van der Waals surface area contributed by atoms with Gasteiger partial charge in [0.1, 0.15) is 0 Å². The Morgan fingerprint density at radius 2 is 1.55 bits per heavy atom. The predicted molar refractivity (Wildman–Crippen MR) is 78.3 cm³/mol. The summed E-state index contributed by atoms with van der Waals surface area (Å²) in [6, 6.07) is 12.3. The van der Waals surface area contributed by atoms with Crippen molar-refractivity contribution in [2.24, 2.45) is 0 Å². The number of nitrogens with zero attached hydrogens (tertiary/aromatic N) is 1. The van der Waals surface area contributed by atoms with Crippen LogP contribution in [0, 0.1) is 10.1 Å². The maximum absolute atomic E-state index is 12.6. The van der Waals surface area contributed by atoms with Crippen molar-refractivity contribution in [3.63, 3.8) is 0 Å². The van der Waals surface area contributed by atoms with Crippen LogP contribution in [0.5, 0.6) is 0 Å². The SMILES string of the molecule is COC(=O)c1ccccc1C(=O)[C@@H](c1ccccc1)[N+](=O)[O-]. The molecule has 22 heavy (non-hydrogen) atoms. The van der Waals surface area contributed by atoms with Crippen LogP contribution >= 0.6 is 0 Å². The number of esters is 1. The van der Waals surface area contributed by atoms with Gasteiger partial charge >= 0.3 is 5.97 Å². The van der Waals surface area contributed by atoms with Gasteiger partial charge in [-0.1, -0.05) is 48.5 Å². The molecule has 0 aliphatic heterocycles. The summed E-state index contributed by atoms with van der Waals surface area (Å²) in [7, 11) is 1.19. The molecule has 0 heterocycles. The Morgan fingerprint density at radius 1 is 1.00 bits per heavy atom. The average Bonchev–Trinajstić information content (AvgIpc) is 2.55. The van der Waals surface area contributed by atoms with E-state index in [2.05, 4.69) is 4.74 Å². The number of hydrogen-bond donors (Lipinski definition) is 0. The number of hydrogen-bond acceptors (Lipinski definition) is 5. The van der Waals surface area contributed by atoms with Crippen molar-refractivity contribution in [1.82, 2.24) is 0 Å². The van der Waals surface area contributed by atoms with Gasteiger partial charge in [-0.05, 0) is 6.07 Å². The summed E-state index contributed by atoms with van der Waals surface area (Å²) in [6.07, 6.45) is 0. The minimum atomic E-state index is -1.56. The Morgan fingerprint density at radius 3 is 2.09 bits per heavy atom. The van der Waals surface area contributed by atoms with E-state index in [1.54, 1.807) is 30.3 Å². The van der Waals surface area contributed by atoms with Crippen molar-refractivity contribution in [2.75, 3.05) is 7.11 Å². The first kappa shape index (κ1) is 15.4. The van der Waals surface area contributed by atoms with E-state index >= 15 is 0 Å². The third kappa shape index (κ3) is 3.01. The van der Waals surface area contributed by atoms with E-state index in [1.165, 1.54) is 31.4 Å². The highest BCUT2D eigenvalue weighted by atomic mass is 16.6. The van der Waals surface area contributed by atoms with Gasteiger partial charge in [-0.2, -0.15) is 0 Å². The van der Waals surface area contributed by atoms with Crippen molar-refractivity contribution >= 4 is 11.8 Å². The van der Waals surface area contributed by atoms with E-state index in [1.807, 2.05) is 0 Å². The Hall–Kier alpha value is -3.02. The highest BCUT2D eigenvalue weighted by molar-refractivity contribution is 6.08. The van der Waals surface area contributed by atoms with Crippen LogP contribution in [-0.2, 0) is 4.74 Å². The fourth-order valence-electron chi connectivity index (χ4n) is 2.14. The second kappa shape index (κ2) is 6.62. The fraction of sp³-hybridized carbons (Fsp3) is 0.125. The summed E-state index contributed by atoms with van der Waals surface area (Å²) in [5.74, 6) is -1.46. The van der Waals surface area contributed by atoms with Gasteiger partial charge in [-0.25, -0.2) is 4.79 Å². The molecule has 0 bridgehead atoms. The topological polar surface area (TPSA) is 86.5 Å². The van der Waals surface area contributed by atoms with E-state index in [0.29, 0.717) is 0 Å². The molecule has 0 spiro atoms. The fourth-order valence-corrected chi connectivity index (χ4v) is 2.14. The van der Waals surface area contributed by atoms with Gasteiger partial charge in [0.05, 0.1) is 12.7 Å². The van der Waals surface area contributed by atoms with Gasteiger partial charge in [0, 0.05) is 16.1 Å². The molecule has 2 aromatic carbocycles. The van der Waals surface area contributed by atoms with Crippen molar-refractivity contribution in [2.45, 2.75) is 6.04 Å². The third-order valence-electron chi connectivity index (χ3n) is 3.17. The summed E-state index contributed by atoms with van der Waals surface area (Å²) >= 11 is 0. The van der Waals surface area contributed by atoms with Crippen LogP contribution in [0.1, 0.15) is 32.3 Å². The zero-order valence-electron chi connectivity index (χ0n) is 11.8. The molecule has 2 aromatic rings. The van der Waals surface area contributed by atoms with Crippen molar-refractivity contribution in [3.05, 3.63) is 81.4 Å². The second-order valence-electron chi connectivity index (χ2n) is 4.50. The second-order valence-corrected chi connectivity index (χ2v) is 4.50. The number of carbonyl (C=O) groups is 2. The molecule has 2 rings (SSSR count). The molecule has 0 unspecified atom stereocenters.